The van der Waals surface area contributed by atoms with Gasteiger partial charge >= 0.3 is 0 Å². The van der Waals surface area contributed by atoms with Crippen molar-refractivity contribution >= 4 is 33.2 Å². The van der Waals surface area contributed by atoms with Gasteiger partial charge in [0.05, 0.1) is 10.8 Å². The number of nitro groups is 1. The van der Waals surface area contributed by atoms with Crippen LogP contribution >= 0.6 is 15.9 Å². The first kappa shape index (κ1) is 20.3. The Balaban J connectivity index is 1.61. The average molecular weight is 447 g/mol. The van der Waals surface area contributed by atoms with Crippen molar-refractivity contribution in [1.82, 2.24) is 4.90 Å². The van der Waals surface area contributed by atoms with Crippen LogP contribution in [0.3, 0.4) is 0 Å². The van der Waals surface area contributed by atoms with Crippen LogP contribution < -0.4 is 11.1 Å². The molecule has 1 aliphatic heterocycles. The quantitative estimate of drug-likeness (QED) is 0.498. The molecule has 0 bridgehead atoms. The fraction of sp³-hybridized carbons (Fsp3) is 0.350. The molecular weight excluding hydrogens is 424 g/mol. The highest BCUT2D eigenvalue weighted by molar-refractivity contribution is 9.10. The molecule has 0 aliphatic carbocycles. The second kappa shape index (κ2) is 9.16. The summed E-state index contributed by atoms with van der Waals surface area (Å²) in [6.45, 7) is 3.09. The molecular formula is C20H23BrN4O3. The molecule has 1 unspecified atom stereocenters. The Morgan fingerprint density at radius 3 is 2.79 bits per heavy atom. The number of halogens is 1. The van der Waals surface area contributed by atoms with Gasteiger partial charge in [-0.05, 0) is 52.5 Å². The van der Waals surface area contributed by atoms with E-state index in [1.54, 1.807) is 6.07 Å². The van der Waals surface area contributed by atoms with Crippen LogP contribution in [0.4, 0.5) is 11.4 Å². The fourth-order valence-corrected chi connectivity index (χ4v) is 3.99. The molecule has 7 nitrogen and oxygen atoms in total. The van der Waals surface area contributed by atoms with E-state index in [1.807, 2.05) is 12.1 Å². The van der Waals surface area contributed by atoms with Crippen LogP contribution in [0, 0.1) is 16.0 Å². The number of nitrogens with one attached hydrogen (secondary N) is 1. The Kier molecular flexibility index (Phi) is 6.64. The topological polar surface area (TPSA) is 102 Å². The number of anilines is 1. The zero-order valence-corrected chi connectivity index (χ0v) is 17.0. The Hall–Kier alpha value is -2.45. The van der Waals surface area contributed by atoms with E-state index < -0.39 is 4.92 Å². The lowest BCUT2D eigenvalue weighted by atomic mass is 9.97. The number of amides is 1. The van der Waals surface area contributed by atoms with E-state index in [2.05, 4.69) is 38.3 Å². The van der Waals surface area contributed by atoms with Gasteiger partial charge in [-0.15, -0.1) is 0 Å². The molecule has 28 heavy (non-hydrogen) atoms. The summed E-state index contributed by atoms with van der Waals surface area (Å²) in [5.41, 5.74) is 8.62. The monoisotopic (exact) mass is 446 g/mol. The number of nitro benzene ring substituents is 1. The zero-order chi connectivity index (χ0) is 20.1. The number of hydrogen-bond acceptors (Lipinski definition) is 5. The van der Waals surface area contributed by atoms with Crippen LogP contribution in [0.5, 0.6) is 0 Å². The van der Waals surface area contributed by atoms with E-state index in [0.717, 1.165) is 37.2 Å². The van der Waals surface area contributed by atoms with Gasteiger partial charge in [0.25, 0.3) is 5.69 Å². The maximum absolute atomic E-state index is 11.5. The van der Waals surface area contributed by atoms with Crippen molar-refractivity contribution in [2.24, 2.45) is 11.7 Å². The largest absolute Gasteiger partial charge is 0.380 e. The molecule has 1 heterocycles. The normalized spacial score (nSPS) is 17.2. The van der Waals surface area contributed by atoms with Crippen molar-refractivity contribution < 1.29 is 9.72 Å². The molecule has 0 aromatic heterocycles. The molecule has 8 heteroatoms. The van der Waals surface area contributed by atoms with Crippen molar-refractivity contribution in [3.05, 3.63) is 68.2 Å². The average Bonchev–Trinajstić information content (AvgIpc) is 2.67. The lowest BCUT2D eigenvalue weighted by Gasteiger charge is -2.31. The summed E-state index contributed by atoms with van der Waals surface area (Å²) < 4.78 is 0.656. The number of carbonyl (C=O) groups is 1. The van der Waals surface area contributed by atoms with Gasteiger partial charge in [0.1, 0.15) is 0 Å². The van der Waals surface area contributed by atoms with Gasteiger partial charge in [-0.2, -0.15) is 0 Å². The van der Waals surface area contributed by atoms with Crippen LogP contribution in [0.25, 0.3) is 0 Å². The smallest absolute Gasteiger partial charge is 0.270 e. The number of benzene rings is 2. The molecule has 148 valence electrons. The lowest BCUT2D eigenvalue weighted by molar-refractivity contribution is -0.384. The highest BCUT2D eigenvalue weighted by Gasteiger charge is 2.23. The van der Waals surface area contributed by atoms with Crippen molar-refractivity contribution in [3.8, 4) is 0 Å². The minimum absolute atomic E-state index is 0.0511. The van der Waals surface area contributed by atoms with Crippen LogP contribution in [0.15, 0.2) is 46.9 Å². The summed E-state index contributed by atoms with van der Waals surface area (Å²) in [6.07, 6.45) is 1.86. The molecule has 1 aliphatic rings. The van der Waals surface area contributed by atoms with Crippen LogP contribution in [0.1, 0.15) is 24.0 Å². The van der Waals surface area contributed by atoms with Gasteiger partial charge in [-0.25, -0.2) is 0 Å². The molecule has 1 amide bonds. The molecule has 2 aromatic carbocycles. The molecule has 3 rings (SSSR count). The Labute approximate surface area is 172 Å². The minimum Gasteiger partial charge on any atom is -0.380 e. The Morgan fingerprint density at radius 1 is 1.29 bits per heavy atom. The van der Waals surface area contributed by atoms with E-state index >= 15 is 0 Å². The maximum atomic E-state index is 11.5. The van der Waals surface area contributed by atoms with Crippen molar-refractivity contribution in [2.75, 3.05) is 18.4 Å². The number of nitrogens with two attached hydrogens (primary N) is 1. The highest BCUT2D eigenvalue weighted by atomic mass is 79.9. The van der Waals surface area contributed by atoms with Crippen molar-refractivity contribution in [1.29, 1.82) is 0 Å². The second-order valence-corrected chi connectivity index (χ2v) is 7.93. The van der Waals surface area contributed by atoms with Crippen molar-refractivity contribution in [2.45, 2.75) is 25.9 Å². The Bertz CT molecular complexity index is 874. The summed E-state index contributed by atoms with van der Waals surface area (Å²) in [7, 11) is 0. The summed E-state index contributed by atoms with van der Waals surface area (Å²) in [4.78, 5) is 24.2. The first-order valence-electron chi connectivity index (χ1n) is 9.19. The predicted molar refractivity (Wildman–Crippen MR) is 112 cm³/mol. The molecule has 0 spiro atoms. The molecule has 1 atom stereocenters. The number of carbonyl (C=O) groups excluding carboxylic acids is 1. The third-order valence-electron chi connectivity index (χ3n) is 4.95. The van der Waals surface area contributed by atoms with E-state index in [1.165, 1.54) is 17.7 Å². The van der Waals surface area contributed by atoms with Crippen LogP contribution in [0.2, 0.25) is 0 Å². The van der Waals surface area contributed by atoms with Gasteiger partial charge in [-0.3, -0.25) is 19.8 Å². The first-order chi connectivity index (χ1) is 13.4. The minimum atomic E-state index is -0.415. The summed E-state index contributed by atoms with van der Waals surface area (Å²) in [5.74, 6) is -0.269. The maximum Gasteiger partial charge on any atom is 0.270 e. The van der Waals surface area contributed by atoms with E-state index in [-0.39, 0.29) is 17.5 Å². The number of piperidine rings is 1. The number of non-ortho nitro benzene ring substituents is 1. The molecule has 2 aromatic rings. The third-order valence-corrected chi connectivity index (χ3v) is 5.61. The fourth-order valence-electron chi connectivity index (χ4n) is 3.49. The number of likely N-dealkylation sites (tertiary alicyclic amines) is 1. The van der Waals surface area contributed by atoms with E-state index in [9.17, 15) is 14.9 Å². The van der Waals surface area contributed by atoms with Gasteiger partial charge in [0, 0.05) is 41.9 Å². The van der Waals surface area contributed by atoms with Crippen molar-refractivity contribution in [3.63, 3.8) is 0 Å². The summed E-state index contributed by atoms with van der Waals surface area (Å²) >= 11 is 3.38. The van der Waals surface area contributed by atoms with Gasteiger partial charge in [-0.1, -0.05) is 24.3 Å². The van der Waals surface area contributed by atoms with E-state index in [4.69, 9.17) is 5.73 Å². The molecule has 0 saturated carbocycles. The first-order valence-corrected chi connectivity index (χ1v) is 9.99. The lowest BCUT2D eigenvalue weighted by Crippen LogP contribution is -2.40. The second-order valence-electron chi connectivity index (χ2n) is 7.07. The number of nitrogens with zero attached hydrogens (tertiary/aromatic N) is 2. The summed E-state index contributed by atoms with van der Waals surface area (Å²) in [5, 5.41) is 14.1. The van der Waals surface area contributed by atoms with E-state index in [0.29, 0.717) is 17.6 Å². The van der Waals surface area contributed by atoms with Crippen LogP contribution in [-0.4, -0.2) is 28.8 Å². The van der Waals surface area contributed by atoms with Gasteiger partial charge < -0.3 is 11.1 Å². The zero-order valence-electron chi connectivity index (χ0n) is 15.4. The molecule has 3 N–H and O–H groups in total. The van der Waals surface area contributed by atoms with Crippen LogP contribution in [-0.2, 0) is 17.9 Å². The van der Waals surface area contributed by atoms with Gasteiger partial charge in [0.15, 0.2) is 0 Å². The third kappa shape index (κ3) is 5.30. The number of hydrogen-bond donors (Lipinski definition) is 2. The standard InChI is InChI=1S/C20H23BrN4O3/c21-18-10-17(25(27)28)6-7-19(18)23-11-14-3-1-4-15(9-14)12-24-8-2-5-16(13-24)20(22)26/h1,3-4,6-7,9-10,16,23H,2,5,8,11-13H2,(H2,22,26). The molecule has 1 fully saturated rings. The predicted octanol–water partition coefficient (Wildman–Crippen LogP) is 3.67. The molecule has 1 saturated heterocycles. The highest BCUT2D eigenvalue weighted by Crippen LogP contribution is 2.27. The number of primary amides is 1. The summed E-state index contributed by atoms with van der Waals surface area (Å²) in [6, 6.07) is 13.0. The molecule has 0 radical (unpaired) electrons. The number of rotatable bonds is 7. The Morgan fingerprint density at radius 2 is 2.07 bits per heavy atom. The SMILES string of the molecule is NC(=O)C1CCCN(Cc2cccc(CNc3ccc([N+](=O)[O-])cc3Br)c2)C1. The van der Waals surface area contributed by atoms with Gasteiger partial charge in [0.2, 0.25) is 5.91 Å².